The first kappa shape index (κ1) is 39.2. The van der Waals surface area contributed by atoms with Gasteiger partial charge in [-0.05, 0) is 67.6 Å². The highest BCUT2D eigenvalue weighted by molar-refractivity contribution is 6.31. The molecule has 0 saturated carbocycles. The van der Waals surface area contributed by atoms with Gasteiger partial charge in [-0.25, -0.2) is 31.9 Å². The molecule has 1 N–H and O–H groups in total. The number of benzene rings is 5. The number of amides is 1. The summed E-state index contributed by atoms with van der Waals surface area (Å²) in [5, 5.41) is 2.54. The summed E-state index contributed by atoms with van der Waals surface area (Å²) >= 11 is 11.5. The van der Waals surface area contributed by atoms with Crippen LogP contribution >= 0.6 is 23.2 Å². The van der Waals surface area contributed by atoms with Crippen molar-refractivity contribution in [1.29, 1.82) is 0 Å². The number of rotatable bonds is 9. The second-order valence-electron chi connectivity index (χ2n) is 10.9. The van der Waals surface area contributed by atoms with Gasteiger partial charge in [0.2, 0.25) is 0 Å². The predicted molar refractivity (Wildman–Crippen MR) is 189 cm³/mol. The SMILES string of the molecule is COC(=O)c1ccc(CN(C(=O)Oc2ccc(C)cc2)c2cccc(Cl)c2F)c(F)c1.COC(=O)c1ccc(CNc2cccc(Cl)c2F)c(F)c1. The number of esters is 2. The maximum Gasteiger partial charge on any atom is 0.420 e. The van der Waals surface area contributed by atoms with Crippen molar-refractivity contribution in [2.75, 3.05) is 24.4 Å². The summed E-state index contributed by atoms with van der Waals surface area (Å²) in [5.74, 6) is -3.87. The summed E-state index contributed by atoms with van der Waals surface area (Å²) in [6.07, 6.45) is -0.929. The van der Waals surface area contributed by atoms with Crippen molar-refractivity contribution in [3.63, 3.8) is 0 Å². The van der Waals surface area contributed by atoms with E-state index in [1.807, 2.05) is 6.92 Å². The van der Waals surface area contributed by atoms with Gasteiger partial charge < -0.3 is 19.5 Å². The fourth-order valence-corrected chi connectivity index (χ4v) is 4.91. The molecule has 0 aromatic heterocycles. The second kappa shape index (κ2) is 18.1. The fraction of sp³-hybridized carbons (Fsp3) is 0.132. The lowest BCUT2D eigenvalue weighted by molar-refractivity contribution is 0.0591. The molecule has 5 aromatic rings. The van der Waals surface area contributed by atoms with Crippen LogP contribution in [0.2, 0.25) is 10.0 Å². The molecule has 0 saturated heterocycles. The van der Waals surface area contributed by atoms with Crippen LogP contribution in [0.5, 0.6) is 5.75 Å². The zero-order chi connectivity index (χ0) is 37.9. The van der Waals surface area contributed by atoms with E-state index >= 15 is 0 Å². The summed E-state index contributed by atoms with van der Waals surface area (Å²) in [4.78, 5) is 36.7. The van der Waals surface area contributed by atoms with Crippen molar-refractivity contribution < 1.29 is 46.2 Å². The van der Waals surface area contributed by atoms with E-state index in [0.29, 0.717) is 5.56 Å². The number of methoxy groups -OCH3 is 2. The molecule has 0 fully saturated rings. The molecule has 0 aliphatic heterocycles. The molecule has 0 aliphatic carbocycles. The topological polar surface area (TPSA) is 94.2 Å². The number of carbonyl (C=O) groups is 3. The average molecular weight is 758 g/mol. The number of halogens is 6. The number of hydrogen-bond acceptors (Lipinski definition) is 7. The van der Waals surface area contributed by atoms with Gasteiger partial charge in [0.15, 0.2) is 11.6 Å². The molecule has 0 aliphatic rings. The smallest absolute Gasteiger partial charge is 0.420 e. The van der Waals surface area contributed by atoms with E-state index in [9.17, 15) is 31.9 Å². The van der Waals surface area contributed by atoms with Crippen LogP contribution in [-0.4, -0.2) is 32.3 Å². The fourth-order valence-electron chi connectivity index (χ4n) is 4.57. The van der Waals surface area contributed by atoms with E-state index in [0.717, 1.165) is 22.6 Å². The maximum absolute atomic E-state index is 14.7. The zero-order valence-electron chi connectivity index (χ0n) is 27.8. The molecule has 0 bridgehead atoms. The summed E-state index contributed by atoms with van der Waals surface area (Å²) in [7, 11) is 2.40. The van der Waals surface area contributed by atoms with Crippen LogP contribution in [0.4, 0.5) is 33.7 Å². The minimum Gasteiger partial charge on any atom is -0.465 e. The van der Waals surface area contributed by atoms with Gasteiger partial charge in [0.1, 0.15) is 17.4 Å². The Labute approximate surface area is 306 Å². The molecule has 0 spiro atoms. The van der Waals surface area contributed by atoms with E-state index in [4.69, 9.17) is 27.9 Å². The number of anilines is 2. The van der Waals surface area contributed by atoms with E-state index < -0.39 is 41.3 Å². The summed E-state index contributed by atoms with van der Waals surface area (Å²) in [5.41, 5.74) is 1.42. The first-order chi connectivity index (χ1) is 24.8. The van der Waals surface area contributed by atoms with Crippen molar-refractivity contribution in [2.24, 2.45) is 0 Å². The number of carbonyl (C=O) groups excluding carboxylic acids is 3. The lowest BCUT2D eigenvalue weighted by atomic mass is 10.1. The van der Waals surface area contributed by atoms with E-state index in [2.05, 4.69) is 14.8 Å². The minimum atomic E-state index is -0.929. The number of aryl methyl sites for hydroxylation is 1. The van der Waals surface area contributed by atoms with Gasteiger partial charge >= 0.3 is 18.0 Å². The Balaban J connectivity index is 0.000000251. The van der Waals surface area contributed by atoms with Crippen molar-refractivity contribution in [3.05, 3.63) is 158 Å². The third-order valence-electron chi connectivity index (χ3n) is 7.37. The van der Waals surface area contributed by atoms with Crippen molar-refractivity contribution in [3.8, 4) is 5.75 Å². The van der Waals surface area contributed by atoms with Crippen LogP contribution in [0.15, 0.2) is 97.1 Å². The highest BCUT2D eigenvalue weighted by Gasteiger charge is 2.25. The molecule has 0 atom stereocenters. The van der Waals surface area contributed by atoms with Gasteiger partial charge in [-0.3, -0.25) is 4.90 Å². The van der Waals surface area contributed by atoms with Gasteiger partial charge in [-0.1, -0.05) is 65.2 Å². The molecule has 14 heteroatoms. The molecule has 0 unspecified atom stereocenters. The Morgan fingerprint density at radius 1 is 0.692 bits per heavy atom. The Bertz CT molecular complexity index is 2080. The summed E-state index contributed by atoms with van der Waals surface area (Å²) in [6, 6.07) is 22.9. The van der Waals surface area contributed by atoms with Crippen LogP contribution in [0, 0.1) is 30.2 Å². The van der Waals surface area contributed by atoms with E-state index in [1.54, 1.807) is 30.3 Å². The standard InChI is InChI=1S/C23H18ClF2NO4.C15H12ClF2NO2/c1-14-6-10-17(11-7-14)31-23(29)27(20-5-3-4-18(24)21(20)26)13-16-9-8-15(12-19(16)25)22(28)30-2;1-21-15(20)9-5-6-10(12(17)7-9)8-19-13-4-2-3-11(16)14(13)18/h3-12H,13H2,1-2H3;2-7,19H,8H2,1H3. The van der Waals surface area contributed by atoms with Gasteiger partial charge in [-0.15, -0.1) is 0 Å². The van der Waals surface area contributed by atoms with Gasteiger partial charge in [-0.2, -0.15) is 0 Å². The minimum absolute atomic E-state index is 0.00599. The molecule has 5 aromatic carbocycles. The Hall–Kier alpha value is -5.59. The Kier molecular flexibility index (Phi) is 13.6. The van der Waals surface area contributed by atoms with Crippen molar-refractivity contribution in [1.82, 2.24) is 0 Å². The monoisotopic (exact) mass is 756 g/mol. The molecule has 1 amide bonds. The maximum atomic E-state index is 14.7. The average Bonchev–Trinajstić information content (AvgIpc) is 3.14. The van der Waals surface area contributed by atoms with Crippen molar-refractivity contribution in [2.45, 2.75) is 20.0 Å². The largest absolute Gasteiger partial charge is 0.465 e. The molecule has 52 heavy (non-hydrogen) atoms. The second-order valence-corrected chi connectivity index (χ2v) is 11.7. The zero-order valence-corrected chi connectivity index (χ0v) is 29.3. The Morgan fingerprint density at radius 2 is 1.23 bits per heavy atom. The van der Waals surface area contributed by atoms with Crippen LogP contribution in [0.25, 0.3) is 0 Å². The first-order valence-electron chi connectivity index (χ1n) is 15.2. The summed E-state index contributed by atoms with van der Waals surface area (Å²) in [6.45, 7) is 1.57. The molecule has 0 heterocycles. The van der Waals surface area contributed by atoms with Gasteiger partial charge in [0.25, 0.3) is 0 Å². The molecule has 0 radical (unpaired) electrons. The number of ether oxygens (including phenoxy) is 3. The van der Waals surface area contributed by atoms with Gasteiger partial charge in [0, 0.05) is 17.7 Å². The molecule has 5 rings (SSSR count). The van der Waals surface area contributed by atoms with Crippen molar-refractivity contribution >= 4 is 52.6 Å². The number of hydrogen-bond donors (Lipinski definition) is 1. The van der Waals surface area contributed by atoms with Gasteiger partial charge in [0.05, 0.1) is 53.3 Å². The highest BCUT2D eigenvalue weighted by Crippen LogP contribution is 2.29. The molecule has 8 nitrogen and oxygen atoms in total. The van der Waals surface area contributed by atoms with Crippen LogP contribution in [0.3, 0.4) is 0 Å². The number of nitrogens with one attached hydrogen (secondary N) is 1. The Morgan fingerprint density at radius 3 is 1.79 bits per heavy atom. The quantitative estimate of drug-likeness (QED) is 0.118. The first-order valence-corrected chi connectivity index (χ1v) is 16.0. The van der Waals surface area contributed by atoms with E-state index in [-0.39, 0.29) is 56.9 Å². The third kappa shape index (κ3) is 10.0. The predicted octanol–water partition coefficient (Wildman–Crippen LogP) is 9.94. The summed E-state index contributed by atoms with van der Waals surface area (Å²) < 4.78 is 71.3. The lowest BCUT2D eigenvalue weighted by Crippen LogP contribution is -2.34. The van der Waals surface area contributed by atoms with Crippen LogP contribution in [-0.2, 0) is 22.6 Å². The lowest BCUT2D eigenvalue weighted by Gasteiger charge is -2.23. The number of nitrogens with zero attached hydrogens (tertiary/aromatic N) is 1. The molecule has 270 valence electrons. The van der Waals surface area contributed by atoms with E-state index in [1.165, 1.54) is 68.8 Å². The normalized spacial score (nSPS) is 10.4. The van der Waals surface area contributed by atoms with Crippen LogP contribution < -0.4 is 15.0 Å². The molecular formula is C38H30Cl2F4N2O6. The van der Waals surface area contributed by atoms with Crippen LogP contribution in [0.1, 0.15) is 37.4 Å². The third-order valence-corrected chi connectivity index (χ3v) is 7.95. The highest BCUT2D eigenvalue weighted by atomic mass is 35.5. The molecular weight excluding hydrogens is 727 g/mol.